The van der Waals surface area contributed by atoms with Gasteiger partial charge < -0.3 is 0 Å². The van der Waals surface area contributed by atoms with Crippen molar-refractivity contribution in [3.05, 3.63) is 11.6 Å². The van der Waals surface area contributed by atoms with E-state index in [1.807, 2.05) is 0 Å². The Balaban J connectivity index is 2.88. The molecule has 1 aliphatic rings. The highest BCUT2D eigenvalue weighted by Gasteiger charge is 2.30. The van der Waals surface area contributed by atoms with Gasteiger partial charge in [-0.1, -0.05) is 32.8 Å². The van der Waals surface area contributed by atoms with Crippen LogP contribution in [0.15, 0.2) is 11.6 Å². The van der Waals surface area contributed by atoms with E-state index in [1.54, 1.807) is 6.08 Å². The van der Waals surface area contributed by atoms with Crippen LogP contribution in [-0.2, 0) is 4.79 Å². The van der Waals surface area contributed by atoms with E-state index in [0.717, 1.165) is 6.29 Å². The normalized spacial score (nSPS) is 31.9. The monoisotopic (exact) mass is 166 g/mol. The van der Waals surface area contributed by atoms with Gasteiger partial charge in [0.15, 0.2) is 0 Å². The molecule has 0 aromatic rings. The quantitative estimate of drug-likeness (QED) is 0.432. The SMILES string of the molecule is CC1CCCC(C)(C)C1=CC=O. The molecule has 1 heteroatoms. The summed E-state index contributed by atoms with van der Waals surface area (Å²) in [5.74, 6) is 0.596. The van der Waals surface area contributed by atoms with Crippen molar-refractivity contribution in [1.82, 2.24) is 0 Å². The van der Waals surface area contributed by atoms with Crippen LogP contribution in [-0.4, -0.2) is 6.29 Å². The first-order chi connectivity index (χ1) is 5.58. The standard InChI is InChI=1S/C11H18O/c1-9-5-4-7-11(2,3)10(9)6-8-12/h6,8-9H,4-5,7H2,1-3H3. The molecule has 1 nitrogen and oxygen atoms in total. The minimum absolute atomic E-state index is 0.249. The van der Waals surface area contributed by atoms with Crippen molar-refractivity contribution in [3.63, 3.8) is 0 Å². The molecule has 0 radical (unpaired) electrons. The molecule has 0 aromatic carbocycles. The van der Waals surface area contributed by atoms with Gasteiger partial charge in [-0.05, 0) is 30.3 Å². The molecule has 0 spiro atoms. The van der Waals surface area contributed by atoms with Crippen molar-refractivity contribution in [2.75, 3.05) is 0 Å². The van der Waals surface area contributed by atoms with Gasteiger partial charge in [0.1, 0.15) is 6.29 Å². The number of carbonyl (C=O) groups is 1. The van der Waals surface area contributed by atoms with E-state index in [4.69, 9.17) is 0 Å². The smallest absolute Gasteiger partial charge is 0.142 e. The lowest BCUT2D eigenvalue weighted by molar-refractivity contribution is -0.104. The summed E-state index contributed by atoms with van der Waals surface area (Å²) >= 11 is 0. The van der Waals surface area contributed by atoms with Crippen molar-refractivity contribution < 1.29 is 4.79 Å². The summed E-state index contributed by atoms with van der Waals surface area (Å²) in [6, 6.07) is 0. The van der Waals surface area contributed by atoms with E-state index in [1.165, 1.54) is 24.8 Å². The number of hydrogen-bond donors (Lipinski definition) is 0. The molecule has 0 N–H and O–H groups in total. The van der Waals surface area contributed by atoms with Gasteiger partial charge in [-0.2, -0.15) is 0 Å². The molecule has 0 aliphatic heterocycles. The van der Waals surface area contributed by atoms with Crippen molar-refractivity contribution in [3.8, 4) is 0 Å². The van der Waals surface area contributed by atoms with Crippen LogP contribution in [0.1, 0.15) is 40.0 Å². The maximum atomic E-state index is 10.4. The Morgan fingerprint density at radius 1 is 1.50 bits per heavy atom. The van der Waals surface area contributed by atoms with Crippen LogP contribution in [0.5, 0.6) is 0 Å². The van der Waals surface area contributed by atoms with E-state index >= 15 is 0 Å². The summed E-state index contributed by atoms with van der Waals surface area (Å²) in [5.41, 5.74) is 1.59. The molecule has 0 amide bonds. The zero-order valence-electron chi connectivity index (χ0n) is 8.26. The summed E-state index contributed by atoms with van der Waals surface area (Å²) in [5, 5.41) is 0. The molecule has 1 fully saturated rings. The highest BCUT2D eigenvalue weighted by molar-refractivity contribution is 5.66. The lowest BCUT2D eigenvalue weighted by Gasteiger charge is -2.37. The Hall–Kier alpha value is -0.590. The van der Waals surface area contributed by atoms with Crippen LogP contribution in [0.2, 0.25) is 0 Å². The summed E-state index contributed by atoms with van der Waals surface area (Å²) in [6.07, 6.45) is 6.45. The van der Waals surface area contributed by atoms with Crippen molar-refractivity contribution >= 4 is 6.29 Å². The third kappa shape index (κ3) is 1.77. The summed E-state index contributed by atoms with van der Waals surface area (Å²) < 4.78 is 0. The van der Waals surface area contributed by atoms with Crippen molar-refractivity contribution in [2.24, 2.45) is 11.3 Å². The lowest BCUT2D eigenvalue weighted by Crippen LogP contribution is -2.25. The minimum atomic E-state index is 0.249. The average molecular weight is 166 g/mol. The summed E-state index contributed by atoms with van der Waals surface area (Å²) in [4.78, 5) is 10.4. The van der Waals surface area contributed by atoms with Gasteiger partial charge in [-0.25, -0.2) is 0 Å². The zero-order chi connectivity index (χ0) is 9.19. The van der Waals surface area contributed by atoms with Gasteiger partial charge in [0.2, 0.25) is 0 Å². The van der Waals surface area contributed by atoms with Crippen LogP contribution in [0.4, 0.5) is 0 Å². The van der Waals surface area contributed by atoms with Gasteiger partial charge in [0, 0.05) is 0 Å². The van der Waals surface area contributed by atoms with Crippen LogP contribution >= 0.6 is 0 Å². The van der Waals surface area contributed by atoms with E-state index in [-0.39, 0.29) is 5.41 Å². The van der Waals surface area contributed by atoms with Gasteiger partial charge in [-0.15, -0.1) is 0 Å². The predicted octanol–water partition coefficient (Wildman–Crippen LogP) is 2.96. The number of aldehydes is 1. The van der Waals surface area contributed by atoms with E-state index in [0.29, 0.717) is 5.92 Å². The maximum absolute atomic E-state index is 10.4. The van der Waals surface area contributed by atoms with Crippen LogP contribution in [0.25, 0.3) is 0 Å². The Bertz CT molecular complexity index is 201. The number of carbonyl (C=O) groups excluding carboxylic acids is 1. The summed E-state index contributed by atoms with van der Waals surface area (Å²) in [7, 11) is 0. The molecule has 12 heavy (non-hydrogen) atoms. The molecule has 1 saturated carbocycles. The molecular weight excluding hydrogens is 148 g/mol. The molecular formula is C11H18O. The Labute approximate surface area is 74.9 Å². The minimum Gasteiger partial charge on any atom is -0.299 e. The van der Waals surface area contributed by atoms with Crippen LogP contribution < -0.4 is 0 Å². The second-order valence-electron chi connectivity index (χ2n) is 4.44. The lowest BCUT2D eigenvalue weighted by atomic mass is 9.68. The number of allylic oxidation sites excluding steroid dienone is 2. The fourth-order valence-corrected chi connectivity index (χ4v) is 2.28. The van der Waals surface area contributed by atoms with Gasteiger partial charge in [0.25, 0.3) is 0 Å². The van der Waals surface area contributed by atoms with Crippen LogP contribution in [0, 0.1) is 11.3 Å². The zero-order valence-corrected chi connectivity index (χ0v) is 8.26. The Morgan fingerprint density at radius 3 is 2.67 bits per heavy atom. The molecule has 1 atom stereocenters. The first kappa shape index (κ1) is 9.50. The molecule has 0 aromatic heterocycles. The Kier molecular flexibility index (Phi) is 2.71. The second kappa shape index (κ2) is 3.42. The molecule has 0 heterocycles. The number of hydrogen-bond acceptors (Lipinski definition) is 1. The maximum Gasteiger partial charge on any atom is 0.142 e. The largest absolute Gasteiger partial charge is 0.299 e. The number of rotatable bonds is 1. The molecule has 0 bridgehead atoms. The molecule has 1 rings (SSSR count). The molecule has 68 valence electrons. The third-order valence-electron chi connectivity index (χ3n) is 3.00. The van der Waals surface area contributed by atoms with Crippen molar-refractivity contribution in [1.29, 1.82) is 0 Å². The predicted molar refractivity (Wildman–Crippen MR) is 50.9 cm³/mol. The third-order valence-corrected chi connectivity index (χ3v) is 3.00. The van der Waals surface area contributed by atoms with E-state index < -0.39 is 0 Å². The van der Waals surface area contributed by atoms with E-state index in [9.17, 15) is 4.79 Å². The highest BCUT2D eigenvalue weighted by Crippen LogP contribution is 2.42. The van der Waals surface area contributed by atoms with Gasteiger partial charge >= 0.3 is 0 Å². The van der Waals surface area contributed by atoms with Crippen LogP contribution in [0.3, 0.4) is 0 Å². The fraction of sp³-hybridized carbons (Fsp3) is 0.727. The Morgan fingerprint density at radius 2 is 2.17 bits per heavy atom. The first-order valence-corrected chi connectivity index (χ1v) is 4.74. The average Bonchev–Trinajstić information content (AvgIpc) is 1.97. The highest BCUT2D eigenvalue weighted by atomic mass is 16.1. The summed E-state index contributed by atoms with van der Waals surface area (Å²) in [6.45, 7) is 6.69. The molecule has 0 saturated heterocycles. The van der Waals surface area contributed by atoms with Gasteiger partial charge in [-0.3, -0.25) is 4.79 Å². The molecule has 1 aliphatic carbocycles. The molecule has 1 unspecified atom stereocenters. The topological polar surface area (TPSA) is 17.1 Å². The van der Waals surface area contributed by atoms with Gasteiger partial charge in [0.05, 0.1) is 0 Å². The fourth-order valence-electron chi connectivity index (χ4n) is 2.28. The van der Waals surface area contributed by atoms with Crippen molar-refractivity contribution in [2.45, 2.75) is 40.0 Å². The first-order valence-electron chi connectivity index (χ1n) is 4.74. The van der Waals surface area contributed by atoms with E-state index in [2.05, 4.69) is 20.8 Å². The second-order valence-corrected chi connectivity index (χ2v) is 4.44.